The summed E-state index contributed by atoms with van der Waals surface area (Å²) in [5.41, 5.74) is 2.88. The number of aromatic amines is 1. The van der Waals surface area contributed by atoms with E-state index in [1.165, 1.54) is 10.9 Å². The number of methoxy groups -OCH3 is 2. The highest BCUT2D eigenvalue weighted by Gasteiger charge is 2.15. The molecule has 3 aromatic rings. The van der Waals surface area contributed by atoms with Gasteiger partial charge in [-0.15, -0.1) is 0 Å². The first-order chi connectivity index (χ1) is 12.1. The number of nitrogens with one attached hydrogen (secondary N) is 2. The average molecular weight is 450 g/mol. The lowest BCUT2D eigenvalue weighted by molar-refractivity contribution is 0.0953. The molecule has 0 aliphatic heterocycles. The standard InChI is InChI=1S/C19H19IN2O3/c1-24-17-9-14(15(20)10-18(17)25-2)19(23)21-8-7-12-11-22-16-6-4-3-5-13(12)16/h3-6,9-11,22H,7-8H2,1-2H3,(H,21,23). The molecule has 0 aliphatic rings. The van der Waals surface area contributed by atoms with E-state index in [1.54, 1.807) is 26.4 Å². The van der Waals surface area contributed by atoms with Crippen LogP contribution in [0.2, 0.25) is 0 Å². The highest BCUT2D eigenvalue weighted by atomic mass is 127. The van der Waals surface area contributed by atoms with E-state index in [9.17, 15) is 4.79 Å². The van der Waals surface area contributed by atoms with Gasteiger partial charge in [-0.1, -0.05) is 18.2 Å². The Bertz CT molecular complexity index is 905. The highest BCUT2D eigenvalue weighted by Crippen LogP contribution is 2.31. The average Bonchev–Trinajstić information content (AvgIpc) is 3.04. The molecular formula is C19H19IN2O3. The van der Waals surface area contributed by atoms with Gasteiger partial charge in [-0.25, -0.2) is 0 Å². The summed E-state index contributed by atoms with van der Waals surface area (Å²) >= 11 is 2.13. The number of carbonyl (C=O) groups is 1. The Morgan fingerprint density at radius 1 is 1.16 bits per heavy atom. The molecule has 0 saturated carbocycles. The first-order valence-corrected chi connectivity index (χ1v) is 8.96. The Labute approximate surface area is 159 Å². The number of amides is 1. The van der Waals surface area contributed by atoms with Crippen molar-refractivity contribution < 1.29 is 14.3 Å². The normalized spacial score (nSPS) is 10.7. The fourth-order valence-electron chi connectivity index (χ4n) is 2.77. The van der Waals surface area contributed by atoms with Gasteiger partial charge in [-0.2, -0.15) is 0 Å². The van der Waals surface area contributed by atoms with Crippen molar-refractivity contribution in [3.63, 3.8) is 0 Å². The molecule has 0 unspecified atom stereocenters. The number of benzene rings is 2. The van der Waals surface area contributed by atoms with Crippen molar-refractivity contribution in [3.8, 4) is 11.5 Å². The molecule has 0 fully saturated rings. The van der Waals surface area contributed by atoms with Gasteiger partial charge in [0.05, 0.1) is 19.8 Å². The van der Waals surface area contributed by atoms with Gasteiger partial charge in [0.15, 0.2) is 11.5 Å². The van der Waals surface area contributed by atoms with Crippen LogP contribution in [0, 0.1) is 3.57 Å². The fraction of sp³-hybridized carbons (Fsp3) is 0.211. The molecule has 0 atom stereocenters. The Morgan fingerprint density at radius 3 is 2.64 bits per heavy atom. The summed E-state index contributed by atoms with van der Waals surface area (Å²) < 4.78 is 11.4. The van der Waals surface area contributed by atoms with Gasteiger partial charge in [0, 0.05) is 27.2 Å². The monoisotopic (exact) mass is 450 g/mol. The number of para-hydroxylation sites is 1. The van der Waals surface area contributed by atoms with E-state index >= 15 is 0 Å². The Morgan fingerprint density at radius 2 is 1.88 bits per heavy atom. The van der Waals surface area contributed by atoms with Crippen LogP contribution in [0.5, 0.6) is 11.5 Å². The number of aromatic nitrogens is 1. The number of rotatable bonds is 6. The van der Waals surface area contributed by atoms with Crippen LogP contribution in [0.4, 0.5) is 0 Å². The number of halogens is 1. The molecule has 5 nitrogen and oxygen atoms in total. The van der Waals surface area contributed by atoms with Gasteiger partial charge >= 0.3 is 0 Å². The van der Waals surface area contributed by atoms with E-state index in [0.717, 1.165) is 15.5 Å². The van der Waals surface area contributed by atoms with E-state index in [1.807, 2.05) is 24.4 Å². The summed E-state index contributed by atoms with van der Waals surface area (Å²) in [4.78, 5) is 15.8. The van der Waals surface area contributed by atoms with Crippen LogP contribution < -0.4 is 14.8 Å². The second-order valence-electron chi connectivity index (χ2n) is 5.55. The van der Waals surface area contributed by atoms with Gasteiger partial charge in [-0.05, 0) is 52.8 Å². The number of hydrogen-bond donors (Lipinski definition) is 2. The molecule has 3 rings (SSSR count). The van der Waals surface area contributed by atoms with Crippen molar-refractivity contribution in [1.82, 2.24) is 10.3 Å². The van der Waals surface area contributed by atoms with Crippen LogP contribution in [0.1, 0.15) is 15.9 Å². The first kappa shape index (κ1) is 17.6. The summed E-state index contributed by atoms with van der Waals surface area (Å²) in [5.74, 6) is 1.04. The third-order valence-corrected chi connectivity index (χ3v) is 4.97. The van der Waals surface area contributed by atoms with Crippen molar-refractivity contribution in [3.05, 3.63) is 57.3 Å². The Kier molecular flexibility index (Phi) is 5.47. The number of ether oxygens (including phenoxy) is 2. The number of hydrogen-bond acceptors (Lipinski definition) is 3. The Balaban J connectivity index is 1.68. The number of H-pyrrole nitrogens is 1. The zero-order valence-corrected chi connectivity index (χ0v) is 16.2. The molecule has 0 spiro atoms. The van der Waals surface area contributed by atoms with Crippen LogP contribution in [-0.4, -0.2) is 31.7 Å². The van der Waals surface area contributed by atoms with Gasteiger partial charge < -0.3 is 19.8 Å². The van der Waals surface area contributed by atoms with Crippen molar-refractivity contribution in [1.29, 1.82) is 0 Å². The third kappa shape index (κ3) is 3.73. The van der Waals surface area contributed by atoms with E-state index < -0.39 is 0 Å². The van der Waals surface area contributed by atoms with Gasteiger partial charge in [-0.3, -0.25) is 4.79 Å². The van der Waals surface area contributed by atoms with Crippen LogP contribution in [0.15, 0.2) is 42.6 Å². The van der Waals surface area contributed by atoms with Crippen molar-refractivity contribution >= 4 is 39.4 Å². The molecule has 2 N–H and O–H groups in total. The van der Waals surface area contributed by atoms with Gasteiger partial charge in [0.1, 0.15) is 0 Å². The second-order valence-corrected chi connectivity index (χ2v) is 6.71. The van der Waals surface area contributed by atoms with Crippen LogP contribution in [0.3, 0.4) is 0 Å². The maximum Gasteiger partial charge on any atom is 0.252 e. The molecule has 0 aliphatic carbocycles. The second kappa shape index (κ2) is 7.77. The minimum atomic E-state index is -0.120. The molecule has 0 saturated heterocycles. The molecule has 0 radical (unpaired) electrons. The van der Waals surface area contributed by atoms with Crippen LogP contribution in [0.25, 0.3) is 10.9 Å². The third-order valence-electron chi connectivity index (χ3n) is 4.07. The molecule has 25 heavy (non-hydrogen) atoms. The lowest BCUT2D eigenvalue weighted by Gasteiger charge is -2.12. The van der Waals surface area contributed by atoms with Crippen LogP contribution in [-0.2, 0) is 6.42 Å². The largest absolute Gasteiger partial charge is 0.493 e. The summed E-state index contributed by atoms with van der Waals surface area (Å²) in [6, 6.07) is 11.7. The summed E-state index contributed by atoms with van der Waals surface area (Å²) in [7, 11) is 3.14. The van der Waals surface area contributed by atoms with Crippen molar-refractivity contribution in [2.75, 3.05) is 20.8 Å². The zero-order chi connectivity index (χ0) is 17.8. The molecule has 2 aromatic carbocycles. The summed E-state index contributed by atoms with van der Waals surface area (Å²) in [6.07, 6.45) is 2.76. The highest BCUT2D eigenvalue weighted by molar-refractivity contribution is 14.1. The lowest BCUT2D eigenvalue weighted by atomic mass is 10.1. The van der Waals surface area contributed by atoms with Gasteiger partial charge in [0.25, 0.3) is 5.91 Å². The fourth-order valence-corrected chi connectivity index (χ4v) is 3.46. The molecular weight excluding hydrogens is 431 g/mol. The molecule has 1 aromatic heterocycles. The van der Waals surface area contributed by atoms with E-state index in [4.69, 9.17) is 9.47 Å². The van der Waals surface area contributed by atoms with E-state index in [2.05, 4.69) is 39.0 Å². The molecule has 1 heterocycles. The maximum absolute atomic E-state index is 12.5. The Hall–Kier alpha value is -2.22. The predicted molar refractivity (Wildman–Crippen MR) is 107 cm³/mol. The minimum absolute atomic E-state index is 0.120. The van der Waals surface area contributed by atoms with Crippen LogP contribution >= 0.6 is 22.6 Å². The van der Waals surface area contributed by atoms with Gasteiger partial charge in [0.2, 0.25) is 0 Å². The van der Waals surface area contributed by atoms with E-state index in [0.29, 0.717) is 23.6 Å². The number of carbonyl (C=O) groups excluding carboxylic acids is 1. The molecule has 0 bridgehead atoms. The van der Waals surface area contributed by atoms with E-state index in [-0.39, 0.29) is 5.91 Å². The van der Waals surface area contributed by atoms with Crippen molar-refractivity contribution in [2.45, 2.75) is 6.42 Å². The predicted octanol–water partition coefficient (Wildman–Crippen LogP) is 3.76. The zero-order valence-electron chi connectivity index (χ0n) is 14.1. The topological polar surface area (TPSA) is 63.3 Å². The number of fused-ring (bicyclic) bond motifs is 1. The minimum Gasteiger partial charge on any atom is -0.493 e. The summed E-state index contributed by atoms with van der Waals surface area (Å²) in [6.45, 7) is 0.561. The SMILES string of the molecule is COc1cc(I)c(C(=O)NCCc2c[nH]c3ccccc23)cc1OC. The lowest BCUT2D eigenvalue weighted by Crippen LogP contribution is -2.26. The first-order valence-electron chi connectivity index (χ1n) is 7.88. The van der Waals surface area contributed by atoms with Crippen molar-refractivity contribution in [2.24, 2.45) is 0 Å². The molecule has 1 amide bonds. The summed E-state index contributed by atoms with van der Waals surface area (Å²) in [5, 5.41) is 4.17. The quantitative estimate of drug-likeness (QED) is 0.563. The smallest absolute Gasteiger partial charge is 0.252 e. The molecule has 6 heteroatoms. The molecule has 130 valence electrons. The maximum atomic E-state index is 12.5.